The van der Waals surface area contributed by atoms with Crippen molar-refractivity contribution < 1.29 is 18.4 Å². The third-order valence-corrected chi connectivity index (χ3v) is 3.25. The topological polar surface area (TPSA) is 110 Å². The first-order valence-electron chi connectivity index (χ1n) is 4.28. The second-order valence-electron chi connectivity index (χ2n) is 3.02. The van der Waals surface area contributed by atoms with Gasteiger partial charge >= 0.3 is 7.05 Å². The van der Waals surface area contributed by atoms with Crippen LogP contribution in [-0.2, 0) is 10.0 Å². The first kappa shape index (κ1) is 12.6. The fourth-order valence-corrected chi connectivity index (χ4v) is 2.37. The van der Waals surface area contributed by atoms with Gasteiger partial charge in [0, 0.05) is 6.07 Å². The van der Waals surface area contributed by atoms with Crippen molar-refractivity contribution in [3.63, 3.8) is 0 Å². The maximum Gasteiger partial charge on any atom is 0.387 e. The van der Waals surface area contributed by atoms with Crippen LogP contribution in [-0.4, -0.2) is 25.4 Å². The number of nitro benzene ring substituents is 1. The molecule has 0 amide bonds. The number of nitrogens with one attached hydrogen (secondary N) is 1. The van der Waals surface area contributed by atoms with E-state index in [2.05, 4.69) is 0 Å². The van der Waals surface area contributed by atoms with Gasteiger partial charge in [0.2, 0.25) is 10.0 Å². The fraction of sp³-hybridized carbons (Fsp3) is 0.143. The Morgan fingerprint density at radius 1 is 1.44 bits per heavy atom. The molecule has 7 nitrogen and oxygen atoms in total. The van der Waals surface area contributed by atoms with Crippen LogP contribution < -0.4 is 4.63 Å². The Balaban J connectivity index is 3.28. The Morgan fingerprint density at radius 3 is 2.50 bits per heavy atom. The molecule has 0 aliphatic rings. The van der Waals surface area contributed by atoms with Crippen LogP contribution in [0.1, 0.15) is 0 Å². The minimum absolute atomic E-state index is 0.471. The van der Waals surface area contributed by atoms with Gasteiger partial charge in [0.15, 0.2) is 4.90 Å². The van der Waals surface area contributed by atoms with Gasteiger partial charge in [-0.1, -0.05) is 12.1 Å². The van der Waals surface area contributed by atoms with E-state index in [0.29, 0.717) is 0 Å². The fourth-order valence-electron chi connectivity index (χ4n) is 1.12. The summed E-state index contributed by atoms with van der Waals surface area (Å²) in [6.07, 6.45) is 0. The van der Waals surface area contributed by atoms with E-state index in [1.54, 1.807) is 0 Å². The van der Waals surface area contributed by atoms with Gasteiger partial charge < -0.3 is 5.02 Å². The Kier molecular flexibility index (Phi) is 3.63. The summed E-state index contributed by atoms with van der Waals surface area (Å²) in [5, 5.41) is 19.5. The van der Waals surface area contributed by atoms with E-state index < -0.39 is 32.6 Å². The lowest BCUT2D eigenvalue weighted by atomic mass is 9.92. The van der Waals surface area contributed by atoms with E-state index in [-0.39, 0.29) is 0 Å². The van der Waals surface area contributed by atoms with Crippen LogP contribution in [0.2, 0.25) is 6.82 Å². The summed E-state index contributed by atoms with van der Waals surface area (Å²) in [6.45, 7) is 1.20. The Morgan fingerprint density at radius 2 is 2.00 bits per heavy atom. The van der Waals surface area contributed by atoms with E-state index in [9.17, 15) is 18.5 Å². The number of rotatable bonds is 4. The first-order valence-corrected chi connectivity index (χ1v) is 5.77. The molecule has 0 aromatic heterocycles. The second kappa shape index (κ2) is 4.60. The van der Waals surface area contributed by atoms with Crippen LogP contribution in [0.4, 0.5) is 5.69 Å². The molecule has 0 unspecified atom stereocenters. The van der Waals surface area contributed by atoms with E-state index >= 15 is 0 Å². The van der Waals surface area contributed by atoms with Gasteiger partial charge in [-0.3, -0.25) is 10.1 Å². The summed E-state index contributed by atoms with van der Waals surface area (Å²) in [6, 6.07) is 4.91. The predicted octanol–water partition coefficient (Wildman–Crippen LogP) is -0.0166. The van der Waals surface area contributed by atoms with Gasteiger partial charge in [0.1, 0.15) is 0 Å². The lowest BCUT2D eigenvalue weighted by molar-refractivity contribution is -0.387. The quantitative estimate of drug-likeness (QED) is 0.439. The summed E-state index contributed by atoms with van der Waals surface area (Å²) in [4.78, 5) is 9.34. The molecule has 0 fully saturated rings. The molecular weight excluding hydrogens is 235 g/mol. The molecule has 2 N–H and O–H groups in total. The highest BCUT2D eigenvalue weighted by Crippen LogP contribution is 2.22. The van der Waals surface area contributed by atoms with Crippen LogP contribution in [0.25, 0.3) is 0 Å². The van der Waals surface area contributed by atoms with Crippen molar-refractivity contribution >= 4 is 22.8 Å². The highest BCUT2D eigenvalue weighted by atomic mass is 32.2. The lowest BCUT2D eigenvalue weighted by Crippen LogP contribution is -2.36. The maximum absolute atomic E-state index is 11.6. The van der Waals surface area contributed by atoms with Crippen molar-refractivity contribution in [2.45, 2.75) is 11.7 Å². The Labute approximate surface area is 92.4 Å². The van der Waals surface area contributed by atoms with Gasteiger partial charge in [-0.25, -0.2) is 13.1 Å². The van der Waals surface area contributed by atoms with E-state index in [0.717, 1.165) is 12.1 Å². The largest absolute Gasteiger partial charge is 0.437 e. The highest BCUT2D eigenvalue weighted by Gasteiger charge is 2.26. The molecule has 1 aromatic carbocycles. The normalized spacial score (nSPS) is 11.1. The van der Waals surface area contributed by atoms with Crippen LogP contribution in [0.15, 0.2) is 29.2 Å². The van der Waals surface area contributed by atoms with Gasteiger partial charge in [-0.2, -0.15) is 0 Å². The number of para-hydroxylation sites is 1. The van der Waals surface area contributed by atoms with Crippen LogP contribution in [0, 0.1) is 10.1 Å². The molecule has 0 saturated heterocycles. The summed E-state index contributed by atoms with van der Waals surface area (Å²) in [7, 11) is -5.39. The molecule has 0 atom stereocenters. The molecule has 1 rings (SSSR count). The van der Waals surface area contributed by atoms with Gasteiger partial charge in [0.05, 0.1) is 4.92 Å². The average molecular weight is 244 g/mol. The zero-order chi connectivity index (χ0) is 12.3. The molecule has 0 heterocycles. The number of nitro groups is 1. The Bertz CT molecular complexity index is 501. The van der Waals surface area contributed by atoms with Crippen molar-refractivity contribution in [3.8, 4) is 0 Å². The average Bonchev–Trinajstić information content (AvgIpc) is 2.15. The van der Waals surface area contributed by atoms with Gasteiger partial charge in [0.25, 0.3) is 5.69 Å². The van der Waals surface area contributed by atoms with Crippen molar-refractivity contribution in [1.29, 1.82) is 0 Å². The molecule has 86 valence electrons. The molecular formula is C7H9BN2O5S. The number of hydrogen-bond donors (Lipinski definition) is 2. The van der Waals surface area contributed by atoms with E-state index in [1.165, 1.54) is 19.0 Å². The monoisotopic (exact) mass is 244 g/mol. The molecule has 0 saturated carbocycles. The number of sulfonamides is 1. The van der Waals surface area contributed by atoms with Gasteiger partial charge in [-0.05, 0) is 12.9 Å². The number of hydrogen-bond acceptors (Lipinski definition) is 5. The van der Waals surface area contributed by atoms with Crippen molar-refractivity contribution in [1.82, 2.24) is 4.63 Å². The third kappa shape index (κ3) is 2.78. The summed E-state index contributed by atoms with van der Waals surface area (Å²) in [5.41, 5.74) is -0.532. The lowest BCUT2D eigenvalue weighted by Gasteiger charge is -2.06. The molecule has 0 radical (unpaired) electrons. The van der Waals surface area contributed by atoms with Crippen LogP contribution >= 0.6 is 0 Å². The van der Waals surface area contributed by atoms with E-state index in [1.807, 2.05) is 4.63 Å². The van der Waals surface area contributed by atoms with Crippen molar-refractivity contribution in [2.24, 2.45) is 0 Å². The molecule has 9 heteroatoms. The SMILES string of the molecule is CB(O)NS(=O)(=O)c1ccccc1[N+](=O)[O-]. The zero-order valence-corrected chi connectivity index (χ0v) is 9.14. The predicted molar refractivity (Wildman–Crippen MR) is 57.3 cm³/mol. The smallest absolute Gasteiger partial charge is 0.387 e. The summed E-state index contributed by atoms with van der Waals surface area (Å²) in [5.74, 6) is 0. The molecule has 16 heavy (non-hydrogen) atoms. The van der Waals surface area contributed by atoms with Gasteiger partial charge in [-0.15, -0.1) is 0 Å². The number of benzene rings is 1. The van der Waals surface area contributed by atoms with Crippen LogP contribution in [0.3, 0.4) is 0 Å². The number of nitrogens with zero attached hydrogens (tertiary/aromatic N) is 1. The van der Waals surface area contributed by atoms with Crippen molar-refractivity contribution in [2.75, 3.05) is 0 Å². The molecule has 0 bridgehead atoms. The minimum Gasteiger partial charge on any atom is -0.437 e. The highest BCUT2D eigenvalue weighted by molar-refractivity contribution is 7.90. The minimum atomic E-state index is -4.08. The van der Waals surface area contributed by atoms with E-state index in [4.69, 9.17) is 5.02 Å². The molecule has 0 spiro atoms. The second-order valence-corrected chi connectivity index (χ2v) is 4.70. The molecule has 0 aliphatic carbocycles. The summed E-state index contributed by atoms with van der Waals surface area (Å²) < 4.78 is 25.0. The maximum atomic E-state index is 11.6. The van der Waals surface area contributed by atoms with Crippen LogP contribution in [0.5, 0.6) is 0 Å². The zero-order valence-electron chi connectivity index (χ0n) is 8.32. The van der Waals surface area contributed by atoms with Crippen molar-refractivity contribution in [3.05, 3.63) is 34.4 Å². The summed E-state index contributed by atoms with van der Waals surface area (Å²) >= 11 is 0. The third-order valence-electron chi connectivity index (χ3n) is 1.68. The molecule has 1 aromatic rings. The standard InChI is InChI=1S/C7H9BN2O5S/c1-8(11)9-16(14,15)7-5-3-2-4-6(7)10(12)13/h2-5,9,11H,1H3. The molecule has 0 aliphatic heterocycles. The first-order chi connectivity index (χ1) is 7.34. The Hall–Kier alpha value is -1.45.